The van der Waals surface area contributed by atoms with Crippen molar-refractivity contribution in [2.45, 2.75) is 95.4 Å². The predicted octanol–water partition coefficient (Wildman–Crippen LogP) is -6.91. The maximum absolute atomic E-state index is 13.2. The molecule has 22 heteroatoms. The maximum Gasteiger partial charge on any atom is 0.328 e. The quantitative estimate of drug-likeness (QED) is 0.0497. The lowest BCUT2D eigenvalue weighted by molar-refractivity contribution is -0.143. The van der Waals surface area contributed by atoms with Crippen LogP contribution < -0.4 is 43.4 Å². The molecule has 7 amide bonds. The molecule has 0 rings (SSSR count). The summed E-state index contributed by atoms with van der Waals surface area (Å²) < 4.78 is 0. The molecule has 278 valence electrons. The van der Waals surface area contributed by atoms with Crippen LogP contribution in [0.4, 0.5) is 0 Å². The first-order valence-corrected chi connectivity index (χ1v) is 14.8. The first-order chi connectivity index (χ1) is 22.6. The molecule has 0 radical (unpaired) electrons. The number of carboxylic acid groups (broad SMARTS) is 2. The van der Waals surface area contributed by atoms with Crippen molar-refractivity contribution < 1.29 is 68.7 Å². The molecule has 0 aromatic carbocycles. The Bertz CT molecular complexity index is 1230. The summed E-state index contributed by atoms with van der Waals surface area (Å²) in [7, 11) is 0. The van der Waals surface area contributed by atoms with Crippen molar-refractivity contribution in [2.24, 2.45) is 17.4 Å². The summed E-state index contributed by atoms with van der Waals surface area (Å²) in [6.07, 6.45) is -3.28. The van der Waals surface area contributed by atoms with Crippen LogP contribution in [0, 0.1) is 5.92 Å². The van der Waals surface area contributed by atoms with E-state index >= 15 is 0 Å². The number of hydrogen-bond donors (Lipinski definition) is 13. The number of aliphatic carboxylic acids is 2. The molecule has 0 fully saturated rings. The van der Waals surface area contributed by atoms with Gasteiger partial charge in [0.25, 0.3) is 0 Å². The normalized spacial score (nSPS) is 15.9. The van der Waals surface area contributed by atoms with Crippen molar-refractivity contribution in [3.63, 3.8) is 0 Å². The van der Waals surface area contributed by atoms with E-state index < -0.39 is 128 Å². The van der Waals surface area contributed by atoms with Gasteiger partial charge in [-0.15, -0.1) is 0 Å². The fourth-order valence-corrected chi connectivity index (χ4v) is 3.92. The number of aliphatic hydroxyl groups excluding tert-OH is 3. The van der Waals surface area contributed by atoms with Gasteiger partial charge in [0.2, 0.25) is 41.4 Å². The Kier molecular flexibility index (Phi) is 19.0. The van der Waals surface area contributed by atoms with Crippen LogP contribution in [-0.2, 0) is 43.2 Å². The second-order valence-corrected chi connectivity index (χ2v) is 11.4. The number of amides is 7. The van der Waals surface area contributed by atoms with Crippen LogP contribution in [0.3, 0.4) is 0 Å². The average Bonchev–Trinajstić information content (AvgIpc) is 2.98. The standard InChI is InChI=1S/C27H46N8O14/c1-10(2)5-14(23(44)30-11(3)21(42)34-17(9-37)27(48)49)31-24(45)15(7-18(29)39)32-25(46)16(8-36)33-26(47)20(12(4)38)35-22(43)13(28)6-19(40)41/h10-17,20,36-38H,5-9,28H2,1-4H3,(H2,29,39)(H,30,44)(H,31,45)(H,32,46)(H,33,47)(H,34,42)(H,35,43)(H,40,41)(H,48,49)/t11-,12+,13-,14-,15-,16-,17-,20-/m0/s1. The Morgan fingerprint density at radius 1 is 0.592 bits per heavy atom. The summed E-state index contributed by atoms with van der Waals surface area (Å²) in [6, 6.07) is -11.4. The largest absolute Gasteiger partial charge is 0.481 e. The van der Waals surface area contributed by atoms with E-state index in [1.54, 1.807) is 13.8 Å². The minimum Gasteiger partial charge on any atom is -0.481 e. The highest BCUT2D eigenvalue weighted by Gasteiger charge is 2.34. The van der Waals surface area contributed by atoms with Gasteiger partial charge in [-0.25, -0.2) is 4.79 Å². The molecule has 15 N–H and O–H groups in total. The van der Waals surface area contributed by atoms with E-state index in [1.165, 1.54) is 6.92 Å². The molecule has 8 atom stereocenters. The highest BCUT2D eigenvalue weighted by atomic mass is 16.4. The summed E-state index contributed by atoms with van der Waals surface area (Å²) >= 11 is 0. The molecule has 0 heterocycles. The molecule has 49 heavy (non-hydrogen) atoms. The number of nitrogens with two attached hydrogens (primary N) is 2. The first-order valence-electron chi connectivity index (χ1n) is 14.8. The van der Waals surface area contributed by atoms with E-state index in [4.69, 9.17) is 26.8 Å². The van der Waals surface area contributed by atoms with Crippen molar-refractivity contribution in [1.82, 2.24) is 31.9 Å². The van der Waals surface area contributed by atoms with Gasteiger partial charge in [-0.1, -0.05) is 13.8 Å². The van der Waals surface area contributed by atoms with E-state index in [9.17, 15) is 53.4 Å². The SMILES string of the molecule is CC(C)C[C@H](NC(=O)[C@H](CC(N)=O)NC(=O)[C@H](CO)NC(=O)[C@@H](NC(=O)[C@@H](N)CC(=O)O)[C@@H](C)O)C(=O)N[C@@H](C)C(=O)N[C@@H](CO)C(=O)O. The van der Waals surface area contributed by atoms with Crippen LogP contribution in [0.5, 0.6) is 0 Å². The number of nitrogens with one attached hydrogen (secondary N) is 6. The summed E-state index contributed by atoms with van der Waals surface area (Å²) in [5.74, 6) is -10.9. The lowest BCUT2D eigenvalue weighted by Crippen LogP contribution is -2.62. The Morgan fingerprint density at radius 3 is 1.51 bits per heavy atom. The zero-order valence-electron chi connectivity index (χ0n) is 27.3. The van der Waals surface area contributed by atoms with E-state index in [2.05, 4.69) is 16.0 Å². The number of rotatable bonds is 22. The summed E-state index contributed by atoms with van der Waals surface area (Å²) in [5.41, 5.74) is 10.7. The Hall–Kier alpha value is -4.93. The molecule has 22 nitrogen and oxygen atoms in total. The number of primary amides is 1. The Balaban J connectivity index is 5.85. The molecule has 0 aromatic rings. The van der Waals surface area contributed by atoms with E-state index in [-0.39, 0.29) is 12.3 Å². The van der Waals surface area contributed by atoms with Gasteiger partial charge in [-0.05, 0) is 26.2 Å². The predicted molar refractivity (Wildman–Crippen MR) is 164 cm³/mol. The molecule has 0 aliphatic rings. The van der Waals surface area contributed by atoms with Crippen molar-refractivity contribution >= 4 is 53.3 Å². The van der Waals surface area contributed by atoms with Crippen LogP contribution in [-0.4, -0.2) is 140 Å². The molecule has 0 saturated heterocycles. The molecular formula is C27H46N8O14. The second-order valence-electron chi connectivity index (χ2n) is 11.4. The first kappa shape index (κ1) is 44.1. The van der Waals surface area contributed by atoms with Gasteiger partial charge >= 0.3 is 11.9 Å². The monoisotopic (exact) mass is 706 g/mol. The van der Waals surface area contributed by atoms with Crippen molar-refractivity contribution in [3.8, 4) is 0 Å². The minimum absolute atomic E-state index is 0.0323. The second kappa shape index (κ2) is 21.1. The number of carbonyl (C=O) groups excluding carboxylic acids is 7. The van der Waals surface area contributed by atoms with Crippen molar-refractivity contribution in [2.75, 3.05) is 13.2 Å². The molecule has 0 spiro atoms. The average molecular weight is 707 g/mol. The molecule has 0 aliphatic heterocycles. The van der Waals surface area contributed by atoms with Gasteiger partial charge in [-0.2, -0.15) is 0 Å². The van der Waals surface area contributed by atoms with E-state index in [0.717, 1.165) is 6.92 Å². The third-order valence-corrected chi connectivity index (χ3v) is 6.54. The summed E-state index contributed by atoms with van der Waals surface area (Å²) in [4.78, 5) is 110. The van der Waals surface area contributed by atoms with E-state index in [0.29, 0.717) is 0 Å². The van der Waals surface area contributed by atoms with Gasteiger partial charge < -0.3 is 68.9 Å². The van der Waals surface area contributed by atoms with Gasteiger partial charge in [0.1, 0.15) is 36.3 Å². The van der Waals surface area contributed by atoms with E-state index in [1.807, 2.05) is 16.0 Å². The number of aliphatic hydroxyl groups is 3. The smallest absolute Gasteiger partial charge is 0.328 e. The Labute approximate surface area is 280 Å². The molecule has 0 aromatic heterocycles. The van der Waals surface area contributed by atoms with Crippen LogP contribution in [0.25, 0.3) is 0 Å². The fourth-order valence-electron chi connectivity index (χ4n) is 3.92. The molecule has 0 saturated carbocycles. The van der Waals surface area contributed by atoms with Crippen molar-refractivity contribution in [3.05, 3.63) is 0 Å². The molecule has 0 unspecified atom stereocenters. The summed E-state index contributed by atoms with van der Waals surface area (Å²) in [5, 5.41) is 59.5. The molecule has 0 aliphatic carbocycles. The zero-order chi connectivity index (χ0) is 38.2. The van der Waals surface area contributed by atoms with Gasteiger partial charge in [0.15, 0.2) is 0 Å². The fraction of sp³-hybridized carbons (Fsp3) is 0.667. The van der Waals surface area contributed by atoms with Crippen LogP contribution in [0.2, 0.25) is 0 Å². The highest BCUT2D eigenvalue weighted by Crippen LogP contribution is 2.07. The lowest BCUT2D eigenvalue weighted by atomic mass is 10.0. The minimum atomic E-state index is -1.84. The van der Waals surface area contributed by atoms with Crippen molar-refractivity contribution in [1.29, 1.82) is 0 Å². The number of carboxylic acids is 2. The van der Waals surface area contributed by atoms with Gasteiger partial charge in [0, 0.05) is 0 Å². The molecule has 0 bridgehead atoms. The topological polar surface area (TPSA) is 379 Å². The lowest BCUT2D eigenvalue weighted by Gasteiger charge is -2.27. The molecular weight excluding hydrogens is 660 g/mol. The summed E-state index contributed by atoms with van der Waals surface area (Å²) in [6.45, 7) is 3.62. The Morgan fingerprint density at radius 2 is 1.06 bits per heavy atom. The van der Waals surface area contributed by atoms with Crippen LogP contribution in [0.15, 0.2) is 0 Å². The third kappa shape index (κ3) is 16.1. The maximum atomic E-state index is 13.2. The highest BCUT2D eigenvalue weighted by molar-refractivity contribution is 5.98. The van der Waals surface area contributed by atoms with Crippen LogP contribution >= 0.6 is 0 Å². The number of hydrogen-bond acceptors (Lipinski definition) is 13. The number of carbonyl (C=O) groups is 9. The van der Waals surface area contributed by atoms with Gasteiger partial charge in [-0.3, -0.25) is 38.4 Å². The zero-order valence-corrected chi connectivity index (χ0v) is 27.3. The third-order valence-electron chi connectivity index (χ3n) is 6.54. The van der Waals surface area contributed by atoms with Crippen LogP contribution in [0.1, 0.15) is 47.0 Å². The van der Waals surface area contributed by atoms with Gasteiger partial charge in [0.05, 0.1) is 38.2 Å².